The molecule has 110 valence electrons. The molecule has 0 bridgehead atoms. The minimum absolute atomic E-state index is 0.141. The van der Waals surface area contributed by atoms with Gasteiger partial charge in [0.25, 0.3) is 0 Å². The van der Waals surface area contributed by atoms with Gasteiger partial charge in [-0.2, -0.15) is 0 Å². The summed E-state index contributed by atoms with van der Waals surface area (Å²) in [6.45, 7) is 8.06. The van der Waals surface area contributed by atoms with Gasteiger partial charge in [0.2, 0.25) is 0 Å². The third kappa shape index (κ3) is 3.41. The molecule has 0 aliphatic carbocycles. The topological polar surface area (TPSA) is 41.9 Å². The second kappa shape index (κ2) is 6.41. The highest BCUT2D eigenvalue weighted by molar-refractivity contribution is 7.80. The Morgan fingerprint density at radius 1 is 1.40 bits per heavy atom. The smallest absolute Gasteiger partial charge is 0.161 e. The highest BCUT2D eigenvalue weighted by Crippen LogP contribution is 2.28. The van der Waals surface area contributed by atoms with Gasteiger partial charge in [-0.25, -0.2) is 0 Å². The quantitative estimate of drug-likeness (QED) is 0.868. The number of hydrogen-bond donors (Lipinski definition) is 1. The molecule has 5 heteroatoms. The van der Waals surface area contributed by atoms with Gasteiger partial charge in [0.05, 0.1) is 18.8 Å². The number of phenols is 1. The highest BCUT2D eigenvalue weighted by Gasteiger charge is 2.24. The Kier molecular flexibility index (Phi) is 4.83. The van der Waals surface area contributed by atoms with Crippen molar-refractivity contribution in [2.75, 3.05) is 19.7 Å². The van der Waals surface area contributed by atoms with Crippen molar-refractivity contribution in [3.05, 3.63) is 23.8 Å². The monoisotopic (exact) mass is 295 g/mol. The largest absolute Gasteiger partial charge is 0.504 e. The molecular formula is C15H21NO3S. The lowest BCUT2D eigenvalue weighted by Gasteiger charge is -2.37. The first kappa shape index (κ1) is 15.1. The van der Waals surface area contributed by atoms with Crippen LogP contribution in [0.5, 0.6) is 11.5 Å². The summed E-state index contributed by atoms with van der Waals surface area (Å²) in [4.78, 5) is 2.92. The Labute approximate surface area is 125 Å². The van der Waals surface area contributed by atoms with Crippen LogP contribution >= 0.6 is 12.2 Å². The Hall–Kier alpha value is -1.33. The van der Waals surface area contributed by atoms with Crippen LogP contribution in [0, 0.1) is 0 Å². The van der Waals surface area contributed by atoms with Crippen molar-refractivity contribution in [3.8, 4) is 11.5 Å². The van der Waals surface area contributed by atoms with E-state index in [9.17, 15) is 5.11 Å². The third-order valence-corrected chi connectivity index (χ3v) is 3.71. The van der Waals surface area contributed by atoms with Crippen LogP contribution in [-0.4, -0.2) is 46.9 Å². The second-order valence-corrected chi connectivity index (χ2v) is 5.47. The number of ether oxygens (including phenoxy) is 2. The van der Waals surface area contributed by atoms with Gasteiger partial charge < -0.3 is 19.5 Å². The number of benzene rings is 1. The van der Waals surface area contributed by atoms with E-state index >= 15 is 0 Å². The van der Waals surface area contributed by atoms with Crippen molar-refractivity contribution in [1.29, 1.82) is 0 Å². The van der Waals surface area contributed by atoms with Gasteiger partial charge in [0.1, 0.15) is 4.99 Å². The van der Waals surface area contributed by atoms with Crippen LogP contribution in [0.4, 0.5) is 0 Å². The fourth-order valence-electron chi connectivity index (χ4n) is 2.44. The van der Waals surface area contributed by atoms with Crippen molar-refractivity contribution in [3.63, 3.8) is 0 Å². The van der Waals surface area contributed by atoms with E-state index in [1.807, 2.05) is 26.8 Å². The SMILES string of the molecule is CCOc1cc(C(=S)N2CC(C)OC(C)C2)ccc1O. The van der Waals surface area contributed by atoms with Gasteiger partial charge in [0.15, 0.2) is 11.5 Å². The van der Waals surface area contributed by atoms with Gasteiger partial charge in [-0.1, -0.05) is 12.2 Å². The van der Waals surface area contributed by atoms with Crippen molar-refractivity contribution in [2.45, 2.75) is 33.0 Å². The molecule has 1 fully saturated rings. The first-order valence-corrected chi connectivity index (χ1v) is 7.32. The normalized spacial score (nSPS) is 22.6. The summed E-state index contributed by atoms with van der Waals surface area (Å²) in [7, 11) is 0. The lowest BCUT2D eigenvalue weighted by molar-refractivity contribution is -0.0472. The summed E-state index contributed by atoms with van der Waals surface area (Å²) in [6, 6.07) is 5.25. The Morgan fingerprint density at radius 3 is 2.65 bits per heavy atom. The average Bonchev–Trinajstić information content (AvgIpc) is 2.39. The van der Waals surface area contributed by atoms with Crippen LogP contribution in [0.15, 0.2) is 18.2 Å². The number of morpholine rings is 1. The molecule has 2 atom stereocenters. The summed E-state index contributed by atoms with van der Waals surface area (Å²) in [5, 5.41) is 9.74. The maximum Gasteiger partial charge on any atom is 0.161 e. The molecule has 1 aliphatic heterocycles. The van der Waals surface area contributed by atoms with Gasteiger partial charge >= 0.3 is 0 Å². The summed E-state index contributed by atoms with van der Waals surface area (Å²) >= 11 is 5.57. The molecule has 1 heterocycles. The molecule has 1 aromatic carbocycles. The molecule has 1 aromatic rings. The van der Waals surface area contributed by atoms with E-state index in [1.165, 1.54) is 0 Å². The Balaban J connectivity index is 2.18. The van der Waals surface area contributed by atoms with Gasteiger partial charge in [-0.3, -0.25) is 0 Å². The van der Waals surface area contributed by atoms with E-state index in [4.69, 9.17) is 21.7 Å². The summed E-state index contributed by atoms with van der Waals surface area (Å²) < 4.78 is 11.1. The number of nitrogens with zero attached hydrogens (tertiary/aromatic N) is 1. The third-order valence-electron chi connectivity index (χ3n) is 3.21. The standard InChI is InChI=1S/C15H21NO3S/c1-4-18-14-7-12(5-6-13(14)17)15(20)16-8-10(2)19-11(3)9-16/h5-7,10-11,17H,4,8-9H2,1-3H3. The zero-order valence-corrected chi connectivity index (χ0v) is 12.9. The molecule has 0 aromatic heterocycles. The summed E-state index contributed by atoms with van der Waals surface area (Å²) in [5.74, 6) is 0.615. The maximum atomic E-state index is 9.74. The van der Waals surface area contributed by atoms with Crippen molar-refractivity contribution < 1.29 is 14.6 Å². The first-order valence-electron chi connectivity index (χ1n) is 6.91. The summed E-state index contributed by atoms with van der Waals surface area (Å²) in [6.07, 6.45) is 0.334. The second-order valence-electron chi connectivity index (χ2n) is 5.08. The number of aromatic hydroxyl groups is 1. The molecule has 2 unspecified atom stereocenters. The predicted octanol–water partition coefficient (Wildman–Crippen LogP) is 2.58. The number of phenolic OH excluding ortho intramolecular Hbond substituents is 1. The van der Waals surface area contributed by atoms with Crippen LogP contribution in [-0.2, 0) is 4.74 Å². The molecule has 0 saturated carbocycles. The number of rotatable bonds is 3. The highest BCUT2D eigenvalue weighted by atomic mass is 32.1. The molecule has 2 rings (SSSR count). The van der Waals surface area contributed by atoms with Crippen LogP contribution in [0.25, 0.3) is 0 Å². The van der Waals surface area contributed by atoms with Gasteiger partial charge in [-0.15, -0.1) is 0 Å². The van der Waals surface area contributed by atoms with E-state index in [2.05, 4.69) is 4.90 Å². The van der Waals surface area contributed by atoms with Crippen LogP contribution in [0.2, 0.25) is 0 Å². The molecule has 1 N–H and O–H groups in total. The van der Waals surface area contributed by atoms with Crippen molar-refractivity contribution >= 4 is 17.2 Å². The molecule has 20 heavy (non-hydrogen) atoms. The van der Waals surface area contributed by atoms with Gasteiger partial charge in [0, 0.05) is 18.7 Å². The molecular weight excluding hydrogens is 274 g/mol. The zero-order chi connectivity index (χ0) is 14.7. The van der Waals surface area contributed by atoms with Gasteiger partial charge in [-0.05, 0) is 39.0 Å². The van der Waals surface area contributed by atoms with Crippen LogP contribution in [0.3, 0.4) is 0 Å². The van der Waals surface area contributed by atoms with E-state index < -0.39 is 0 Å². The molecule has 0 radical (unpaired) electrons. The number of thiocarbonyl (C=S) groups is 1. The lowest BCUT2D eigenvalue weighted by Crippen LogP contribution is -2.47. The Bertz CT molecular complexity index is 482. The average molecular weight is 295 g/mol. The fraction of sp³-hybridized carbons (Fsp3) is 0.533. The Morgan fingerprint density at radius 2 is 2.05 bits per heavy atom. The minimum atomic E-state index is 0.141. The zero-order valence-electron chi connectivity index (χ0n) is 12.1. The van der Waals surface area contributed by atoms with Crippen molar-refractivity contribution in [1.82, 2.24) is 4.90 Å². The van der Waals surface area contributed by atoms with Crippen LogP contribution < -0.4 is 4.74 Å². The van der Waals surface area contributed by atoms with Crippen LogP contribution in [0.1, 0.15) is 26.3 Å². The van der Waals surface area contributed by atoms with E-state index in [1.54, 1.807) is 12.1 Å². The van der Waals surface area contributed by atoms with E-state index in [-0.39, 0.29) is 18.0 Å². The van der Waals surface area contributed by atoms with E-state index in [0.29, 0.717) is 12.4 Å². The molecule has 1 saturated heterocycles. The van der Waals surface area contributed by atoms with E-state index in [0.717, 1.165) is 23.6 Å². The minimum Gasteiger partial charge on any atom is -0.504 e. The first-order chi connectivity index (χ1) is 9.51. The predicted molar refractivity (Wildman–Crippen MR) is 82.6 cm³/mol. The molecule has 4 nitrogen and oxygen atoms in total. The summed E-state index contributed by atoms with van der Waals surface area (Å²) in [5.41, 5.74) is 0.891. The van der Waals surface area contributed by atoms with Crippen molar-refractivity contribution in [2.24, 2.45) is 0 Å². The molecule has 0 spiro atoms. The fourth-order valence-corrected chi connectivity index (χ4v) is 2.72. The maximum absolute atomic E-state index is 9.74. The molecule has 1 aliphatic rings. The number of hydrogen-bond acceptors (Lipinski definition) is 4. The lowest BCUT2D eigenvalue weighted by atomic mass is 10.1. The molecule has 0 amide bonds.